The number of H-pyrrole nitrogens is 1. The Kier molecular flexibility index (Phi) is 4.77. The molecule has 24 heavy (non-hydrogen) atoms. The number of hydrogen-bond donors (Lipinski definition) is 2. The van der Waals surface area contributed by atoms with Crippen molar-refractivity contribution in [3.63, 3.8) is 0 Å². The van der Waals surface area contributed by atoms with Crippen molar-refractivity contribution >= 4 is 28.3 Å². The van der Waals surface area contributed by atoms with E-state index in [1.807, 2.05) is 6.07 Å². The maximum Gasteiger partial charge on any atom is 0.267 e. The van der Waals surface area contributed by atoms with Gasteiger partial charge in [-0.15, -0.1) is 0 Å². The molecule has 0 aliphatic rings. The van der Waals surface area contributed by atoms with Crippen LogP contribution in [0.15, 0.2) is 53.5 Å². The SMILES string of the molecule is O=C(NCCOc1ncccc1Cl)c1cc2ccccc2c(=O)[nH]1. The van der Waals surface area contributed by atoms with Gasteiger partial charge in [0.2, 0.25) is 5.88 Å². The van der Waals surface area contributed by atoms with E-state index in [1.165, 1.54) is 0 Å². The molecule has 1 amide bonds. The average molecular weight is 344 g/mol. The van der Waals surface area contributed by atoms with Crippen molar-refractivity contribution in [1.82, 2.24) is 15.3 Å². The zero-order valence-corrected chi connectivity index (χ0v) is 13.3. The molecule has 122 valence electrons. The maximum atomic E-state index is 12.1. The smallest absolute Gasteiger partial charge is 0.267 e. The van der Waals surface area contributed by atoms with E-state index in [9.17, 15) is 9.59 Å². The van der Waals surface area contributed by atoms with Gasteiger partial charge >= 0.3 is 0 Å². The van der Waals surface area contributed by atoms with Crippen molar-refractivity contribution in [2.75, 3.05) is 13.2 Å². The Morgan fingerprint density at radius 2 is 2.08 bits per heavy atom. The fourth-order valence-corrected chi connectivity index (χ4v) is 2.39. The second kappa shape index (κ2) is 7.14. The highest BCUT2D eigenvalue weighted by molar-refractivity contribution is 6.31. The molecule has 2 N–H and O–H groups in total. The summed E-state index contributed by atoms with van der Waals surface area (Å²) in [6.45, 7) is 0.459. The number of rotatable bonds is 5. The third-order valence-corrected chi connectivity index (χ3v) is 3.64. The fraction of sp³-hybridized carbons (Fsp3) is 0.118. The maximum absolute atomic E-state index is 12.1. The molecule has 0 aliphatic heterocycles. The van der Waals surface area contributed by atoms with Gasteiger partial charge in [-0.25, -0.2) is 4.98 Å². The Bertz CT molecular complexity index is 940. The lowest BCUT2D eigenvalue weighted by atomic mass is 10.1. The highest BCUT2D eigenvalue weighted by Gasteiger charge is 2.09. The summed E-state index contributed by atoms with van der Waals surface area (Å²) >= 11 is 5.92. The Morgan fingerprint density at radius 3 is 2.92 bits per heavy atom. The van der Waals surface area contributed by atoms with E-state index >= 15 is 0 Å². The summed E-state index contributed by atoms with van der Waals surface area (Å²) in [7, 11) is 0. The van der Waals surface area contributed by atoms with Gasteiger partial charge in [-0.05, 0) is 29.7 Å². The lowest BCUT2D eigenvalue weighted by molar-refractivity contribution is 0.0941. The lowest BCUT2D eigenvalue weighted by Crippen LogP contribution is -2.30. The minimum atomic E-state index is -0.381. The molecule has 0 saturated carbocycles. The number of ether oxygens (including phenoxy) is 1. The van der Waals surface area contributed by atoms with Gasteiger partial charge in [-0.1, -0.05) is 29.8 Å². The van der Waals surface area contributed by atoms with Gasteiger partial charge < -0.3 is 15.0 Å². The molecule has 7 heteroatoms. The molecule has 0 saturated heterocycles. The zero-order valence-electron chi connectivity index (χ0n) is 12.6. The van der Waals surface area contributed by atoms with Crippen LogP contribution in [0.2, 0.25) is 5.02 Å². The zero-order chi connectivity index (χ0) is 16.9. The average Bonchev–Trinajstić information content (AvgIpc) is 2.60. The van der Waals surface area contributed by atoms with E-state index in [1.54, 1.807) is 42.6 Å². The molecule has 0 atom stereocenters. The first kappa shape index (κ1) is 16.0. The first-order valence-electron chi connectivity index (χ1n) is 7.29. The van der Waals surface area contributed by atoms with Crippen LogP contribution < -0.4 is 15.6 Å². The van der Waals surface area contributed by atoms with E-state index in [4.69, 9.17) is 16.3 Å². The minimum Gasteiger partial charge on any atom is -0.475 e. The third-order valence-electron chi connectivity index (χ3n) is 3.35. The summed E-state index contributed by atoms with van der Waals surface area (Å²) in [5.41, 5.74) is -0.0932. The Balaban J connectivity index is 1.61. The monoisotopic (exact) mass is 343 g/mol. The summed E-state index contributed by atoms with van der Waals surface area (Å²) in [5, 5.41) is 4.34. The first-order valence-corrected chi connectivity index (χ1v) is 7.66. The topological polar surface area (TPSA) is 84.1 Å². The normalized spacial score (nSPS) is 10.5. The van der Waals surface area contributed by atoms with Crippen LogP contribution in [0.4, 0.5) is 0 Å². The molecule has 0 spiro atoms. The van der Waals surface area contributed by atoms with Crippen molar-refractivity contribution in [2.24, 2.45) is 0 Å². The highest BCUT2D eigenvalue weighted by atomic mass is 35.5. The summed E-state index contributed by atoms with van der Waals surface area (Å²) in [4.78, 5) is 30.7. The second-order valence-electron chi connectivity index (χ2n) is 4.99. The predicted octanol–water partition coefficient (Wildman–Crippen LogP) is 2.39. The summed E-state index contributed by atoms with van der Waals surface area (Å²) in [6, 6.07) is 12.1. The summed E-state index contributed by atoms with van der Waals surface area (Å²) in [5.74, 6) is -0.0684. The van der Waals surface area contributed by atoms with Crippen LogP contribution in [0.1, 0.15) is 10.5 Å². The first-order chi connectivity index (χ1) is 11.6. The fourth-order valence-electron chi connectivity index (χ4n) is 2.22. The molecule has 2 aromatic heterocycles. The number of nitrogens with one attached hydrogen (secondary N) is 2. The van der Waals surface area contributed by atoms with E-state index in [-0.39, 0.29) is 30.3 Å². The van der Waals surface area contributed by atoms with Crippen LogP contribution >= 0.6 is 11.6 Å². The molecule has 0 bridgehead atoms. The van der Waals surface area contributed by atoms with Crippen LogP contribution in [0, 0.1) is 0 Å². The number of carbonyl (C=O) groups excluding carboxylic acids is 1. The number of pyridine rings is 2. The van der Waals surface area contributed by atoms with Crippen molar-refractivity contribution in [1.29, 1.82) is 0 Å². The minimum absolute atomic E-state index is 0.203. The lowest BCUT2D eigenvalue weighted by Gasteiger charge is -2.08. The molecule has 0 fully saturated rings. The molecule has 0 unspecified atom stereocenters. The van der Waals surface area contributed by atoms with Crippen LogP contribution in [-0.4, -0.2) is 29.0 Å². The van der Waals surface area contributed by atoms with Crippen LogP contribution in [-0.2, 0) is 0 Å². The number of benzene rings is 1. The molecule has 0 aliphatic carbocycles. The van der Waals surface area contributed by atoms with Crippen molar-refractivity contribution < 1.29 is 9.53 Å². The summed E-state index contributed by atoms with van der Waals surface area (Å²) < 4.78 is 5.39. The molecule has 1 aromatic carbocycles. The van der Waals surface area contributed by atoms with E-state index in [2.05, 4.69) is 15.3 Å². The third kappa shape index (κ3) is 3.55. The Hall–Kier alpha value is -2.86. The number of amides is 1. The van der Waals surface area contributed by atoms with Gasteiger partial charge in [0.1, 0.15) is 17.3 Å². The number of hydrogen-bond acceptors (Lipinski definition) is 4. The van der Waals surface area contributed by atoms with Crippen molar-refractivity contribution in [3.8, 4) is 5.88 Å². The quantitative estimate of drug-likeness (QED) is 0.697. The van der Waals surface area contributed by atoms with Crippen molar-refractivity contribution in [2.45, 2.75) is 0 Å². The number of carbonyl (C=O) groups is 1. The van der Waals surface area contributed by atoms with E-state index < -0.39 is 0 Å². The number of nitrogens with zero attached hydrogens (tertiary/aromatic N) is 1. The van der Waals surface area contributed by atoms with Gasteiger partial charge in [0.05, 0.1) is 6.54 Å². The molecule has 0 radical (unpaired) electrons. The van der Waals surface area contributed by atoms with Gasteiger partial charge in [0.15, 0.2) is 0 Å². The predicted molar refractivity (Wildman–Crippen MR) is 91.6 cm³/mol. The molecule has 3 rings (SSSR count). The van der Waals surface area contributed by atoms with Crippen LogP contribution in [0.5, 0.6) is 5.88 Å². The van der Waals surface area contributed by atoms with Gasteiger partial charge in [0.25, 0.3) is 11.5 Å². The largest absolute Gasteiger partial charge is 0.475 e. The summed E-state index contributed by atoms with van der Waals surface area (Å²) in [6.07, 6.45) is 1.57. The second-order valence-corrected chi connectivity index (χ2v) is 5.40. The van der Waals surface area contributed by atoms with Crippen LogP contribution in [0.25, 0.3) is 10.8 Å². The highest BCUT2D eigenvalue weighted by Crippen LogP contribution is 2.19. The van der Waals surface area contributed by atoms with Gasteiger partial charge in [0, 0.05) is 11.6 Å². The number of aromatic amines is 1. The number of fused-ring (bicyclic) bond motifs is 1. The van der Waals surface area contributed by atoms with Gasteiger partial charge in [-0.3, -0.25) is 9.59 Å². The molecular formula is C17H14ClN3O3. The van der Waals surface area contributed by atoms with Gasteiger partial charge in [-0.2, -0.15) is 0 Å². The van der Waals surface area contributed by atoms with Crippen molar-refractivity contribution in [3.05, 3.63) is 69.7 Å². The van der Waals surface area contributed by atoms with Crippen LogP contribution in [0.3, 0.4) is 0 Å². The Morgan fingerprint density at radius 1 is 1.25 bits per heavy atom. The number of halogens is 1. The number of aromatic nitrogens is 2. The standard InChI is InChI=1S/C17H14ClN3O3/c18-13-6-3-7-20-17(13)24-9-8-19-16(23)14-10-11-4-1-2-5-12(11)15(22)21-14/h1-7,10H,8-9H2,(H,19,23)(H,21,22). The van der Waals surface area contributed by atoms with E-state index in [0.717, 1.165) is 0 Å². The Labute approximate surface area is 142 Å². The molecule has 6 nitrogen and oxygen atoms in total. The molecular weight excluding hydrogens is 330 g/mol. The molecule has 3 aromatic rings. The van der Waals surface area contributed by atoms with E-state index in [0.29, 0.717) is 21.7 Å². The molecule has 2 heterocycles.